The Morgan fingerprint density at radius 1 is 0.750 bits per heavy atom. The summed E-state index contributed by atoms with van der Waals surface area (Å²) in [6.45, 7) is 3.83. The molecule has 0 bridgehead atoms. The summed E-state index contributed by atoms with van der Waals surface area (Å²) in [4.78, 5) is 44.9. The van der Waals surface area contributed by atoms with Gasteiger partial charge in [-0.1, -0.05) is 67.6 Å². The number of benzene rings is 2. The molecular formula is C30H41NO9. The number of hydrogen-bond acceptors (Lipinski definition) is 9. The van der Waals surface area contributed by atoms with Crippen molar-refractivity contribution in [3.8, 4) is 0 Å². The van der Waals surface area contributed by atoms with Gasteiger partial charge in [0.15, 0.2) is 12.2 Å². The second-order valence-corrected chi connectivity index (χ2v) is 9.44. The van der Waals surface area contributed by atoms with E-state index in [9.17, 15) is 19.2 Å². The third-order valence-corrected chi connectivity index (χ3v) is 5.62. The van der Waals surface area contributed by atoms with Crippen LogP contribution < -0.4 is 5.73 Å². The minimum atomic E-state index is -1.00. The van der Waals surface area contributed by atoms with Gasteiger partial charge < -0.3 is 34.6 Å². The van der Waals surface area contributed by atoms with Crippen molar-refractivity contribution in [1.29, 1.82) is 0 Å². The monoisotopic (exact) mass is 559 g/mol. The largest absolute Gasteiger partial charge is 0.481 e. The van der Waals surface area contributed by atoms with Crippen LogP contribution in [0.2, 0.25) is 0 Å². The Kier molecular flexibility index (Phi) is 16.7. The highest BCUT2D eigenvalue weighted by molar-refractivity contribution is 5.76. The maximum absolute atomic E-state index is 11.7. The molecule has 2 aromatic rings. The fourth-order valence-corrected chi connectivity index (χ4v) is 3.69. The van der Waals surface area contributed by atoms with Crippen LogP contribution in [0.5, 0.6) is 0 Å². The molecule has 10 heteroatoms. The molecule has 2 rings (SSSR count). The lowest BCUT2D eigenvalue weighted by Gasteiger charge is -2.18. The molecular weight excluding hydrogens is 518 g/mol. The van der Waals surface area contributed by atoms with Crippen molar-refractivity contribution in [2.75, 3.05) is 27.4 Å². The number of Topliss-reactive ketones (excluding diaryl/α,β-unsaturated/α-hetero) is 1. The minimum Gasteiger partial charge on any atom is -0.481 e. The number of ketones is 1. The van der Waals surface area contributed by atoms with E-state index in [0.29, 0.717) is 25.9 Å². The molecule has 0 fully saturated rings. The maximum atomic E-state index is 11.7. The molecule has 3 N–H and O–H groups in total. The smallest absolute Gasteiger partial charge is 0.335 e. The van der Waals surface area contributed by atoms with E-state index in [-0.39, 0.29) is 30.7 Å². The first-order valence-corrected chi connectivity index (χ1v) is 13.0. The molecule has 0 aliphatic heterocycles. The number of hydrogen-bond donors (Lipinski definition) is 2. The van der Waals surface area contributed by atoms with Gasteiger partial charge >= 0.3 is 17.9 Å². The van der Waals surface area contributed by atoms with Crippen LogP contribution in [0.3, 0.4) is 0 Å². The Morgan fingerprint density at radius 3 is 1.55 bits per heavy atom. The highest BCUT2D eigenvalue weighted by Crippen LogP contribution is 2.11. The molecule has 220 valence electrons. The molecule has 0 saturated heterocycles. The number of aliphatic carboxylic acids is 1. The first kappa shape index (κ1) is 34.4. The third kappa shape index (κ3) is 15.1. The predicted octanol–water partition coefficient (Wildman–Crippen LogP) is 2.99. The standard InChI is InChI=1S/C16H22O4.C14H19NO5/c1-12(9-13(2)17)11-20-15(16(18)19-3)10-14-7-5-4-6-8-14;1-19-14(18)12(7-10-5-3-2-4-6-10)20-9-11(15)8-13(16)17/h4-8,12,15H,9-11H2,1-3H3;2-6,11-12H,7-9,15H2,1H3,(H,16,17). The summed E-state index contributed by atoms with van der Waals surface area (Å²) in [7, 11) is 2.63. The number of carbonyl (C=O) groups is 4. The highest BCUT2D eigenvalue weighted by atomic mass is 16.6. The zero-order valence-corrected chi connectivity index (χ0v) is 23.6. The lowest BCUT2D eigenvalue weighted by molar-refractivity contribution is -0.155. The minimum absolute atomic E-state index is 0.0150. The normalized spacial score (nSPS) is 13.5. The molecule has 0 heterocycles. The van der Waals surface area contributed by atoms with Crippen LogP contribution in [0, 0.1) is 5.92 Å². The number of nitrogens with two attached hydrogens (primary N) is 1. The zero-order chi connectivity index (χ0) is 29.9. The van der Waals surface area contributed by atoms with Gasteiger partial charge in [-0.25, -0.2) is 9.59 Å². The molecule has 0 radical (unpaired) electrons. The summed E-state index contributed by atoms with van der Waals surface area (Å²) in [5, 5.41) is 8.61. The van der Waals surface area contributed by atoms with E-state index in [1.165, 1.54) is 14.2 Å². The lowest BCUT2D eigenvalue weighted by atomic mass is 10.1. The number of carbonyl (C=O) groups excluding carboxylic acids is 3. The van der Waals surface area contributed by atoms with Crippen molar-refractivity contribution in [3.05, 3.63) is 71.8 Å². The van der Waals surface area contributed by atoms with Crippen molar-refractivity contribution < 1.29 is 43.2 Å². The number of esters is 2. The second-order valence-electron chi connectivity index (χ2n) is 9.44. The van der Waals surface area contributed by atoms with E-state index in [1.54, 1.807) is 6.92 Å². The number of rotatable bonds is 16. The van der Waals surface area contributed by atoms with Crippen LogP contribution >= 0.6 is 0 Å². The van der Waals surface area contributed by atoms with Crippen LogP contribution in [-0.2, 0) is 51.0 Å². The quantitative estimate of drug-likeness (QED) is 0.294. The van der Waals surface area contributed by atoms with E-state index < -0.39 is 30.2 Å². The SMILES string of the molecule is COC(=O)C(Cc1ccccc1)OCC(C)CC(C)=O.COC(=O)C(Cc1ccccc1)OCC(N)CC(=O)O. The molecule has 40 heavy (non-hydrogen) atoms. The van der Waals surface area contributed by atoms with E-state index in [1.807, 2.05) is 67.6 Å². The van der Waals surface area contributed by atoms with Crippen LogP contribution in [0.1, 0.15) is 37.8 Å². The van der Waals surface area contributed by atoms with Gasteiger partial charge in [-0.05, 0) is 24.0 Å². The molecule has 0 amide bonds. The average Bonchev–Trinajstić information content (AvgIpc) is 2.93. The van der Waals surface area contributed by atoms with Crippen molar-refractivity contribution >= 4 is 23.7 Å². The van der Waals surface area contributed by atoms with Crippen molar-refractivity contribution in [1.82, 2.24) is 0 Å². The molecule has 0 aliphatic rings. The molecule has 0 spiro atoms. The Morgan fingerprint density at radius 2 is 1.18 bits per heavy atom. The maximum Gasteiger partial charge on any atom is 0.335 e. The zero-order valence-electron chi connectivity index (χ0n) is 23.6. The van der Waals surface area contributed by atoms with Gasteiger partial charge in [0.05, 0.1) is 33.9 Å². The van der Waals surface area contributed by atoms with Gasteiger partial charge in [0, 0.05) is 25.3 Å². The fraction of sp³-hybridized carbons (Fsp3) is 0.467. The molecule has 4 atom stereocenters. The summed E-state index contributed by atoms with van der Waals surface area (Å²) in [5.41, 5.74) is 7.54. The Balaban J connectivity index is 0.000000400. The Bertz CT molecular complexity index is 946. The van der Waals surface area contributed by atoms with E-state index in [0.717, 1.165) is 11.1 Å². The lowest BCUT2D eigenvalue weighted by Crippen LogP contribution is -2.35. The third-order valence-electron chi connectivity index (χ3n) is 5.62. The number of carboxylic acids is 1. The van der Waals surface area contributed by atoms with Gasteiger partial charge in [-0.3, -0.25) is 4.79 Å². The Hall–Kier alpha value is -3.60. The summed E-state index contributed by atoms with van der Waals surface area (Å²) in [6, 6.07) is 18.3. The van der Waals surface area contributed by atoms with Gasteiger partial charge in [0.25, 0.3) is 0 Å². The van der Waals surface area contributed by atoms with Crippen LogP contribution in [-0.4, -0.2) is 74.5 Å². The fourth-order valence-electron chi connectivity index (χ4n) is 3.69. The highest BCUT2D eigenvalue weighted by Gasteiger charge is 2.23. The van der Waals surface area contributed by atoms with E-state index in [2.05, 4.69) is 4.74 Å². The molecule has 4 unspecified atom stereocenters. The van der Waals surface area contributed by atoms with E-state index in [4.69, 9.17) is 25.1 Å². The van der Waals surface area contributed by atoms with Crippen molar-refractivity contribution in [3.63, 3.8) is 0 Å². The predicted molar refractivity (Wildman–Crippen MR) is 148 cm³/mol. The first-order chi connectivity index (χ1) is 19.0. The van der Waals surface area contributed by atoms with E-state index >= 15 is 0 Å². The summed E-state index contributed by atoms with van der Waals surface area (Å²) >= 11 is 0. The van der Waals surface area contributed by atoms with Gasteiger partial charge in [-0.2, -0.15) is 0 Å². The summed E-state index contributed by atoms with van der Waals surface area (Å²) < 4.78 is 20.5. The first-order valence-electron chi connectivity index (χ1n) is 13.0. The van der Waals surface area contributed by atoms with Crippen LogP contribution in [0.15, 0.2) is 60.7 Å². The van der Waals surface area contributed by atoms with Gasteiger partial charge in [-0.15, -0.1) is 0 Å². The van der Waals surface area contributed by atoms with Gasteiger partial charge in [0.1, 0.15) is 5.78 Å². The summed E-state index contributed by atoms with van der Waals surface area (Å²) in [5.74, 6) is -1.67. The van der Waals surface area contributed by atoms with Crippen molar-refractivity contribution in [2.45, 2.75) is 57.8 Å². The van der Waals surface area contributed by atoms with Crippen LogP contribution in [0.4, 0.5) is 0 Å². The number of methoxy groups -OCH3 is 2. The molecule has 0 aliphatic carbocycles. The molecule has 2 aromatic carbocycles. The van der Waals surface area contributed by atoms with Crippen molar-refractivity contribution in [2.24, 2.45) is 11.7 Å². The Labute approximate surface area is 235 Å². The van der Waals surface area contributed by atoms with Crippen LogP contribution in [0.25, 0.3) is 0 Å². The van der Waals surface area contributed by atoms with Gasteiger partial charge in [0.2, 0.25) is 0 Å². The second kappa shape index (κ2) is 19.5. The number of carboxylic acid groups (broad SMARTS) is 1. The molecule has 0 saturated carbocycles. The molecule has 0 aromatic heterocycles. The topological polar surface area (TPSA) is 151 Å². The average molecular weight is 560 g/mol. The summed E-state index contributed by atoms with van der Waals surface area (Å²) in [6.07, 6.45) is -0.342. The number of ether oxygens (including phenoxy) is 4. The molecule has 10 nitrogen and oxygen atoms in total.